The van der Waals surface area contributed by atoms with Gasteiger partial charge in [-0.3, -0.25) is 4.79 Å². The van der Waals surface area contributed by atoms with Crippen molar-refractivity contribution < 1.29 is 14.2 Å². The molecule has 1 heterocycles. The maximum atomic E-state index is 13.8. The van der Waals surface area contributed by atoms with Gasteiger partial charge in [-0.05, 0) is 79.5 Å². The fourth-order valence-corrected chi connectivity index (χ4v) is 4.61. The quantitative estimate of drug-likeness (QED) is 0.562. The maximum absolute atomic E-state index is 13.8. The molecule has 0 unspecified atom stereocenters. The number of benzene rings is 2. The number of fused-ring (bicyclic) bond motifs is 1. The SMILES string of the molecule is C[C@@H](C(=O)Nc1ccc(Cl)cc1)C1CCC(c2cc[nH+]c3ccc(F)cc23)CC1. The van der Waals surface area contributed by atoms with E-state index in [2.05, 4.69) is 16.4 Å². The van der Waals surface area contributed by atoms with Crippen molar-refractivity contribution in [3.8, 4) is 0 Å². The van der Waals surface area contributed by atoms with Crippen LogP contribution in [-0.4, -0.2) is 5.91 Å². The number of hydrogen-bond acceptors (Lipinski definition) is 1. The minimum Gasteiger partial charge on any atom is -0.326 e. The van der Waals surface area contributed by atoms with Crippen molar-refractivity contribution in [1.82, 2.24) is 0 Å². The lowest BCUT2D eigenvalue weighted by atomic mass is 9.73. The normalized spacial score (nSPS) is 20.4. The Kier molecular flexibility index (Phi) is 5.81. The number of rotatable bonds is 4. The number of halogens is 2. The molecule has 2 N–H and O–H groups in total. The van der Waals surface area contributed by atoms with Crippen LogP contribution < -0.4 is 10.3 Å². The largest absolute Gasteiger partial charge is 0.326 e. The highest BCUT2D eigenvalue weighted by Gasteiger charge is 2.30. The number of aromatic amines is 1. The Morgan fingerprint density at radius 3 is 2.55 bits per heavy atom. The topological polar surface area (TPSA) is 43.2 Å². The second kappa shape index (κ2) is 8.50. The molecule has 1 aromatic heterocycles. The highest BCUT2D eigenvalue weighted by Crippen LogP contribution is 2.40. The van der Waals surface area contributed by atoms with E-state index in [9.17, 15) is 9.18 Å². The fraction of sp³-hybridized carbons (Fsp3) is 0.333. The molecule has 1 fully saturated rings. The molecule has 0 radical (unpaired) electrons. The van der Waals surface area contributed by atoms with Crippen molar-refractivity contribution in [2.45, 2.75) is 38.5 Å². The third kappa shape index (κ3) is 4.43. The van der Waals surface area contributed by atoms with Gasteiger partial charge in [-0.15, -0.1) is 0 Å². The average molecular weight is 412 g/mol. The van der Waals surface area contributed by atoms with Gasteiger partial charge in [-0.1, -0.05) is 18.5 Å². The summed E-state index contributed by atoms with van der Waals surface area (Å²) in [5.74, 6) is 0.551. The van der Waals surface area contributed by atoms with Crippen molar-refractivity contribution in [1.29, 1.82) is 0 Å². The molecular weight excluding hydrogens is 387 g/mol. The van der Waals surface area contributed by atoms with Gasteiger partial charge >= 0.3 is 0 Å². The molecule has 5 heteroatoms. The minimum absolute atomic E-state index is 0.0510. The molecule has 1 aliphatic carbocycles. The summed E-state index contributed by atoms with van der Waals surface area (Å²) in [6.45, 7) is 2.01. The van der Waals surface area contributed by atoms with Crippen LogP contribution in [0.25, 0.3) is 10.9 Å². The first-order valence-electron chi connectivity index (χ1n) is 10.2. The summed E-state index contributed by atoms with van der Waals surface area (Å²) < 4.78 is 13.8. The van der Waals surface area contributed by atoms with Gasteiger partial charge in [-0.25, -0.2) is 9.37 Å². The van der Waals surface area contributed by atoms with Gasteiger partial charge in [0.05, 0.1) is 5.39 Å². The lowest BCUT2D eigenvalue weighted by Crippen LogP contribution is -2.29. The third-order valence-electron chi connectivity index (χ3n) is 6.24. The highest BCUT2D eigenvalue weighted by molar-refractivity contribution is 6.30. The van der Waals surface area contributed by atoms with E-state index >= 15 is 0 Å². The lowest BCUT2D eigenvalue weighted by molar-refractivity contribution is -0.344. The van der Waals surface area contributed by atoms with Crippen LogP contribution in [-0.2, 0) is 4.79 Å². The zero-order chi connectivity index (χ0) is 20.4. The van der Waals surface area contributed by atoms with Crippen molar-refractivity contribution >= 4 is 34.1 Å². The van der Waals surface area contributed by atoms with Crippen LogP contribution in [0.4, 0.5) is 10.1 Å². The predicted octanol–water partition coefficient (Wildman–Crippen LogP) is 6.00. The molecule has 150 valence electrons. The van der Waals surface area contributed by atoms with E-state index in [1.54, 1.807) is 24.3 Å². The van der Waals surface area contributed by atoms with Crippen LogP contribution in [0.5, 0.6) is 0 Å². The first-order chi connectivity index (χ1) is 14.0. The number of anilines is 1. The van der Waals surface area contributed by atoms with Gasteiger partial charge in [0, 0.05) is 28.8 Å². The minimum atomic E-state index is -0.209. The third-order valence-corrected chi connectivity index (χ3v) is 6.49. The molecule has 1 atom stereocenters. The molecule has 4 rings (SSSR count). The first kappa shape index (κ1) is 19.8. The monoisotopic (exact) mass is 411 g/mol. The van der Waals surface area contributed by atoms with E-state index in [1.165, 1.54) is 11.6 Å². The smallest absolute Gasteiger partial charge is 0.227 e. The van der Waals surface area contributed by atoms with Crippen molar-refractivity contribution in [3.05, 3.63) is 71.1 Å². The number of nitrogens with one attached hydrogen (secondary N) is 2. The average Bonchev–Trinajstić information content (AvgIpc) is 2.74. The number of hydrogen-bond donors (Lipinski definition) is 1. The summed E-state index contributed by atoms with van der Waals surface area (Å²) in [5, 5.41) is 4.61. The number of carbonyl (C=O) groups excluding carboxylic acids is 1. The molecule has 2 aromatic carbocycles. The standard InChI is InChI=1S/C24H24ClFN2O/c1-15(24(29)28-20-9-6-18(25)7-10-20)16-2-4-17(5-3-16)21-12-13-27-23-11-8-19(26)14-22(21)23/h6-17H,2-5H2,1H3,(H,28,29)/p+1/t15-,16?,17?/m1/s1. The van der Waals surface area contributed by atoms with Crippen LogP contribution in [0.15, 0.2) is 54.7 Å². The van der Waals surface area contributed by atoms with Crippen LogP contribution >= 0.6 is 11.6 Å². The second-order valence-electron chi connectivity index (χ2n) is 8.02. The molecule has 1 saturated carbocycles. The summed E-state index contributed by atoms with van der Waals surface area (Å²) in [6, 6.07) is 14.2. The number of pyridine rings is 1. The second-order valence-corrected chi connectivity index (χ2v) is 8.46. The van der Waals surface area contributed by atoms with Crippen molar-refractivity contribution in [2.24, 2.45) is 11.8 Å². The van der Waals surface area contributed by atoms with Gasteiger partial charge in [0.2, 0.25) is 11.4 Å². The van der Waals surface area contributed by atoms with Gasteiger partial charge < -0.3 is 5.32 Å². The van der Waals surface area contributed by atoms with Gasteiger partial charge in [0.25, 0.3) is 0 Å². The van der Waals surface area contributed by atoms with E-state index in [0.717, 1.165) is 42.3 Å². The Hall–Kier alpha value is -2.46. The van der Waals surface area contributed by atoms with E-state index in [0.29, 0.717) is 16.9 Å². The van der Waals surface area contributed by atoms with E-state index in [-0.39, 0.29) is 17.6 Å². The van der Waals surface area contributed by atoms with E-state index in [1.807, 2.05) is 25.3 Å². The predicted molar refractivity (Wildman–Crippen MR) is 114 cm³/mol. The Morgan fingerprint density at radius 2 is 1.83 bits per heavy atom. The molecule has 29 heavy (non-hydrogen) atoms. The highest BCUT2D eigenvalue weighted by atomic mass is 35.5. The molecule has 3 nitrogen and oxygen atoms in total. The van der Waals surface area contributed by atoms with Crippen LogP contribution in [0.3, 0.4) is 0 Å². The zero-order valence-corrected chi connectivity index (χ0v) is 17.2. The lowest BCUT2D eigenvalue weighted by Gasteiger charge is -2.32. The Bertz CT molecular complexity index is 1010. The Balaban J connectivity index is 1.41. The van der Waals surface area contributed by atoms with Crippen molar-refractivity contribution in [2.75, 3.05) is 5.32 Å². The molecular formula is C24H25ClFN2O+. The summed E-state index contributed by atoms with van der Waals surface area (Å²) >= 11 is 5.91. The molecule has 0 bridgehead atoms. The number of carbonyl (C=O) groups is 1. The molecule has 3 aromatic rings. The van der Waals surface area contributed by atoms with Crippen LogP contribution in [0.2, 0.25) is 5.02 Å². The van der Waals surface area contributed by atoms with E-state index < -0.39 is 0 Å². The Labute approximate surface area is 175 Å². The van der Waals surface area contributed by atoms with Gasteiger partial charge in [0.1, 0.15) is 5.82 Å². The summed E-state index contributed by atoms with van der Waals surface area (Å²) in [4.78, 5) is 15.9. The zero-order valence-electron chi connectivity index (χ0n) is 16.4. The number of H-pyrrole nitrogens is 1. The van der Waals surface area contributed by atoms with Crippen LogP contribution in [0.1, 0.15) is 44.1 Å². The Morgan fingerprint density at radius 1 is 1.10 bits per heavy atom. The number of aromatic nitrogens is 1. The first-order valence-corrected chi connectivity index (χ1v) is 10.6. The van der Waals surface area contributed by atoms with E-state index in [4.69, 9.17) is 11.6 Å². The molecule has 0 saturated heterocycles. The summed E-state index contributed by atoms with van der Waals surface area (Å²) in [5.41, 5.74) is 2.94. The molecule has 1 amide bonds. The van der Waals surface area contributed by atoms with Gasteiger partial charge in [-0.2, -0.15) is 0 Å². The summed E-state index contributed by atoms with van der Waals surface area (Å²) in [7, 11) is 0. The number of amides is 1. The molecule has 1 aliphatic rings. The fourth-order valence-electron chi connectivity index (χ4n) is 4.48. The van der Waals surface area contributed by atoms with Gasteiger partial charge in [0.15, 0.2) is 6.20 Å². The van der Waals surface area contributed by atoms with Crippen LogP contribution in [0, 0.1) is 17.7 Å². The maximum Gasteiger partial charge on any atom is 0.227 e. The molecule has 0 aliphatic heterocycles. The van der Waals surface area contributed by atoms with Crippen molar-refractivity contribution in [3.63, 3.8) is 0 Å². The molecule has 0 spiro atoms. The summed E-state index contributed by atoms with van der Waals surface area (Å²) in [6.07, 6.45) is 5.95.